The first-order chi connectivity index (χ1) is 47.7. The Labute approximate surface area is 595 Å². The van der Waals surface area contributed by atoms with Gasteiger partial charge in [-0.2, -0.15) is 0 Å². The predicted octanol–water partition coefficient (Wildman–Crippen LogP) is 22.2. The standard InChI is InChI=1S/C79H140O17P2/c1-5-9-13-17-21-25-29-32-34-35-36-37-39-42-45-48-52-56-60-64-77(82)90-70-75(96-79(84)66-62-58-54-50-46-40-31-27-23-19-15-11-7-3)72-94-98(87,88)92-68-73(80)67-91-97(85,86)93-71-74(95-78(83)65-61-57-53-49-43-28-24-20-16-12-8-4)69-89-76(81)63-59-55-51-47-44-41-38-33-30-26-22-18-14-10-6-2/h9,13,15,19,21,25,27,31-32,34,36-37,42,45,73-75,80H,5-8,10-12,14,16-18,20,22-24,26,28-30,33,35,38-41,43-44,46-72H2,1-4H3,(H,85,86)(H,87,88)/b13-9-,19-15-,25-21-,31-27-,34-32-,37-36-,45-42-. The quantitative estimate of drug-likeness (QED) is 0.0169. The fraction of sp³-hybridized carbons (Fsp3) is 0.772. The van der Waals surface area contributed by atoms with E-state index < -0.39 is 97.5 Å². The summed E-state index contributed by atoms with van der Waals surface area (Å²) >= 11 is 0. The number of hydrogen-bond acceptors (Lipinski definition) is 15. The summed E-state index contributed by atoms with van der Waals surface area (Å²) in [5.41, 5.74) is 0. The highest BCUT2D eigenvalue weighted by atomic mass is 31.2. The second kappa shape index (κ2) is 71.6. The maximum absolute atomic E-state index is 13.1. The smallest absolute Gasteiger partial charge is 0.462 e. The van der Waals surface area contributed by atoms with Gasteiger partial charge in [-0.05, 0) is 96.3 Å². The van der Waals surface area contributed by atoms with Gasteiger partial charge in [-0.25, -0.2) is 9.13 Å². The van der Waals surface area contributed by atoms with Crippen molar-refractivity contribution in [1.82, 2.24) is 0 Å². The topological polar surface area (TPSA) is 237 Å². The van der Waals surface area contributed by atoms with Crippen LogP contribution in [0.2, 0.25) is 0 Å². The van der Waals surface area contributed by atoms with Crippen LogP contribution in [0.4, 0.5) is 0 Å². The molecule has 0 bridgehead atoms. The van der Waals surface area contributed by atoms with Gasteiger partial charge in [-0.3, -0.25) is 37.3 Å². The lowest BCUT2D eigenvalue weighted by Crippen LogP contribution is -2.30. The molecule has 0 rings (SSSR count). The fourth-order valence-electron chi connectivity index (χ4n) is 10.5. The molecule has 0 aromatic rings. The molecule has 0 radical (unpaired) electrons. The minimum absolute atomic E-state index is 0.0720. The summed E-state index contributed by atoms with van der Waals surface area (Å²) in [4.78, 5) is 72.8. The highest BCUT2D eigenvalue weighted by Crippen LogP contribution is 2.45. The van der Waals surface area contributed by atoms with Crippen molar-refractivity contribution in [3.05, 3.63) is 85.1 Å². The van der Waals surface area contributed by atoms with E-state index in [1.807, 2.05) is 0 Å². The van der Waals surface area contributed by atoms with E-state index in [9.17, 15) is 43.2 Å². The summed E-state index contributed by atoms with van der Waals surface area (Å²) in [6.07, 6.45) is 72.9. The van der Waals surface area contributed by atoms with Crippen LogP contribution in [0.3, 0.4) is 0 Å². The molecule has 0 saturated heterocycles. The third-order valence-electron chi connectivity index (χ3n) is 16.4. The molecule has 0 amide bonds. The maximum Gasteiger partial charge on any atom is 0.472 e. The summed E-state index contributed by atoms with van der Waals surface area (Å²) in [6, 6.07) is 0. The van der Waals surface area contributed by atoms with Crippen molar-refractivity contribution in [1.29, 1.82) is 0 Å². The minimum atomic E-state index is -4.98. The zero-order valence-electron chi connectivity index (χ0n) is 62.0. The zero-order valence-corrected chi connectivity index (χ0v) is 63.7. The average Bonchev–Trinajstić information content (AvgIpc) is 0.972. The number of carbonyl (C=O) groups is 4. The molecule has 0 aliphatic heterocycles. The number of phosphoric ester groups is 2. The van der Waals surface area contributed by atoms with Crippen LogP contribution in [0.25, 0.3) is 0 Å². The Morgan fingerprint density at radius 3 is 0.867 bits per heavy atom. The second-order valence-corrected chi connectivity index (χ2v) is 28.8. The van der Waals surface area contributed by atoms with Gasteiger partial charge in [-0.1, -0.05) is 299 Å². The third kappa shape index (κ3) is 70.7. The van der Waals surface area contributed by atoms with Gasteiger partial charge in [0.05, 0.1) is 26.4 Å². The number of allylic oxidation sites excluding steroid dienone is 14. The van der Waals surface area contributed by atoms with E-state index in [0.29, 0.717) is 25.7 Å². The van der Waals surface area contributed by atoms with Gasteiger partial charge in [0.2, 0.25) is 0 Å². The first kappa shape index (κ1) is 94.2. The number of aliphatic hydroxyl groups is 1. The number of phosphoric acid groups is 2. The van der Waals surface area contributed by atoms with E-state index in [-0.39, 0.29) is 25.7 Å². The predicted molar refractivity (Wildman–Crippen MR) is 399 cm³/mol. The normalized spacial score (nSPS) is 14.4. The van der Waals surface area contributed by atoms with Crippen molar-refractivity contribution in [3.63, 3.8) is 0 Å². The summed E-state index contributed by atoms with van der Waals surface area (Å²) < 4.78 is 68.4. The van der Waals surface area contributed by atoms with Crippen molar-refractivity contribution >= 4 is 39.5 Å². The highest BCUT2D eigenvalue weighted by molar-refractivity contribution is 7.47. The zero-order chi connectivity index (χ0) is 71.8. The largest absolute Gasteiger partial charge is 0.472 e. The third-order valence-corrected chi connectivity index (χ3v) is 18.3. The Kier molecular flexibility index (Phi) is 68.9. The van der Waals surface area contributed by atoms with Gasteiger partial charge in [0.15, 0.2) is 12.2 Å². The Bertz CT molecular complexity index is 2190. The number of hydrogen-bond donors (Lipinski definition) is 3. The lowest BCUT2D eigenvalue weighted by Gasteiger charge is -2.21. The molecule has 0 heterocycles. The van der Waals surface area contributed by atoms with Crippen LogP contribution < -0.4 is 0 Å². The van der Waals surface area contributed by atoms with Crippen molar-refractivity contribution in [3.8, 4) is 0 Å². The van der Waals surface area contributed by atoms with Crippen LogP contribution in [-0.4, -0.2) is 96.7 Å². The van der Waals surface area contributed by atoms with E-state index >= 15 is 0 Å². The Balaban J connectivity index is 5.32. The van der Waals surface area contributed by atoms with Gasteiger partial charge in [0.1, 0.15) is 19.3 Å². The number of carbonyl (C=O) groups excluding carboxylic acids is 4. The van der Waals surface area contributed by atoms with E-state index in [1.165, 1.54) is 109 Å². The van der Waals surface area contributed by atoms with Crippen LogP contribution in [0.1, 0.15) is 336 Å². The van der Waals surface area contributed by atoms with Gasteiger partial charge < -0.3 is 33.8 Å². The molecule has 3 N–H and O–H groups in total. The summed E-state index contributed by atoms with van der Waals surface area (Å²) in [5, 5.41) is 10.6. The molecule has 98 heavy (non-hydrogen) atoms. The van der Waals surface area contributed by atoms with Gasteiger partial charge in [0, 0.05) is 25.7 Å². The molecule has 0 saturated carbocycles. The average molecular weight is 1420 g/mol. The molecule has 568 valence electrons. The lowest BCUT2D eigenvalue weighted by molar-refractivity contribution is -0.161. The van der Waals surface area contributed by atoms with Gasteiger partial charge in [-0.15, -0.1) is 0 Å². The van der Waals surface area contributed by atoms with E-state index in [4.69, 9.17) is 37.0 Å². The molecule has 17 nitrogen and oxygen atoms in total. The van der Waals surface area contributed by atoms with Crippen LogP contribution in [0.15, 0.2) is 85.1 Å². The fourth-order valence-corrected chi connectivity index (χ4v) is 12.0. The van der Waals surface area contributed by atoms with Gasteiger partial charge >= 0.3 is 39.5 Å². The number of aliphatic hydroxyl groups excluding tert-OH is 1. The molecule has 5 atom stereocenters. The van der Waals surface area contributed by atoms with Crippen LogP contribution >= 0.6 is 15.6 Å². The molecule has 0 aromatic heterocycles. The van der Waals surface area contributed by atoms with Crippen molar-refractivity contribution in [2.45, 2.75) is 354 Å². The number of unbranched alkanes of at least 4 members (excludes halogenated alkanes) is 33. The molecule has 0 aliphatic carbocycles. The SMILES string of the molecule is CC/C=C\C/C=C\C/C=C\C/C=C\C/C=C\CCCCCC(=O)OCC(COP(=O)(O)OCC(O)COP(=O)(O)OCC(COC(=O)CCCCCCCCCCCCCCCCC)OC(=O)CCCCCCCCCCCCC)OC(=O)CCCCCCC/C=C\C/C=C\CCC. The number of rotatable bonds is 73. The molecule has 0 aliphatic rings. The number of ether oxygens (including phenoxy) is 4. The van der Waals surface area contributed by atoms with Gasteiger partial charge in [0.25, 0.3) is 0 Å². The molecule has 5 unspecified atom stereocenters. The molecule has 0 aromatic carbocycles. The lowest BCUT2D eigenvalue weighted by atomic mass is 10.0. The van der Waals surface area contributed by atoms with Crippen molar-refractivity contribution in [2.75, 3.05) is 39.6 Å². The molecule has 0 fully saturated rings. The first-order valence-electron chi connectivity index (χ1n) is 38.8. The van der Waals surface area contributed by atoms with Crippen LogP contribution in [0, 0.1) is 0 Å². The summed E-state index contributed by atoms with van der Waals surface area (Å²) in [6.45, 7) is 4.68. The number of esters is 4. The van der Waals surface area contributed by atoms with Crippen LogP contribution in [-0.2, 0) is 65.4 Å². The van der Waals surface area contributed by atoms with Crippen LogP contribution in [0.5, 0.6) is 0 Å². The van der Waals surface area contributed by atoms with E-state index in [2.05, 4.69) is 113 Å². The molecular weight excluding hydrogens is 1280 g/mol. The van der Waals surface area contributed by atoms with E-state index in [0.717, 1.165) is 148 Å². The van der Waals surface area contributed by atoms with E-state index in [1.54, 1.807) is 0 Å². The van der Waals surface area contributed by atoms with Crippen molar-refractivity contribution < 1.29 is 80.2 Å². The first-order valence-corrected chi connectivity index (χ1v) is 41.8. The molecule has 0 spiro atoms. The Morgan fingerprint density at radius 1 is 0.296 bits per heavy atom. The Hall–Kier alpha value is -3.76. The monoisotopic (exact) mass is 1420 g/mol. The molecular formula is C79H140O17P2. The minimum Gasteiger partial charge on any atom is -0.462 e. The molecule has 19 heteroatoms. The Morgan fingerprint density at radius 2 is 0.551 bits per heavy atom. The maximum atomic E-state index is 13.1. The summed E-state index contributed by atoms with van der Waals surface area (Å²) in [5.74, 6) is -2.20. The van der Waals surface area contributed by atoms with Crippen molar-refractivity contribution in [2.24, 2.45) is 0 Å². The summed E-state index contributed by atoms with van der Waals surface area (Å²) in [7, 11) is -9.95. The highest BCUT2D eigenvalue weighted by Gasteiger charge is 2.30. The second-order valence-electron chi connectivity index (χ2n) is 25.9.